The van der Waals surface area contributed by atoms with E-state index in [1.54, 1.807) is 30.3 Å². The van der Waals surface area contributed by atoms with E-state index in [-0.39, 0.29) is 12.5 Å². The first kappa shape index (κ1) is 20.9. The summed E-state index contributed by atoms with van der Waals surface area (Å²) in [7, 11) is 1.52. The highest BCUT2D eigenvalue weighted by molar-refractivity contribution is 7.20. The Morgan fingerprint density at radius 1 is 1.07 bits per heavy atom. The van der Waals surface area contributed by atoms with E-state index in [0.717, 1.165) is 15.0 Å². The zero-order valence-corrected chi connectivity index (χ0v) is 17.2. The zero-order valence-electron chi connectivity index (χ0n) is 15.6. The third-order valence-corrected chi connectivity index (χ3v) is 5.50. The van der Waals surface area contributed by atoms with Crippen molar-refractivity contribution in [2.45, 2.75) is 0 Å². The number of carbonyl (C=O) groups is 2. The molecule has 29 heavy (non-hydrogen) atoms. The van der Waals surface area contributed by atoms with Crippen LogP contribution in [-0.4, -0.2) is 32.3 Å². The molecule has 3 aromatic rings. The Hall–Kier alpha value is -2.87. The number of ether oxygens (including phenoxy) is 2. The first-order valence-electron chi connectivity index (χ1n) is 8.75. The van der Waals surface area contributed by atoms with E-state index in [9.17, 15) is 9.59 Å². The van der Waals surface area contributed by atoms with Crippen molar-refractivity contribution in [3.63, 3.8) is 0 Å². The molecule has 0 spiro atoms. The summed E-state index contributed by atoms with van der Waals surface area (Å²) in [6.07, 6.45) is 2.53. The normalized spacial score (nSPS) is 11.0. The van der Waals surface area contributed by atoms with Gasteiger partial charge in [0.2, 0.25) is 5.91 Å². The SMILES string of the molecule is COCCOC(=O)Nc1cccc(NC(=O)/C=C/c2sc3ccccc3c2Cl)c1. The number of hydrogen-bond donors (Lipinski definition) is 2. The lowest BCUT2D eigenvalue weighted by atomic mass is 10.2. The van der Waals surface area contributed by atoms with Gasteiger partial charge in [-0.25, -0.2) is 4.79 Å². The summed E-state index contributed by atoms with van der Waals surface area (Å²) in [5.74, 6) is -0.307. The lowest BCUT2D eigenvalue weighted by Gasteiger charge is -2.08. The standard InChI is InChI=1S/C21H19ClN2O4S/c1-27-11-12-28-21(26)24-15-6-4-5-14(13-15)23-19(25)10-9-18-20(22)16-7-2-3-8-17(16)29-18/h2-10,13H,11-12H2,1H3,(H,23,25)(H,24,26)/b10-9+. The number of thiophene rings is 1. The van der Waals surface area contributed by atoms with Gasteiger partial charge in [0.15, 0.2) is 0 Å². The molecule has 150 valence electrons. The lowest BCUT2D eigenvalue weighted by molar-refractivity contribution is -0.111. The number of nitrogens with one attached hydrogen (secondary N) is 2. The fraction of sp³-hybridized carbons (Fsp3) is 0.143. The van der Waals surface area contributed by atoms with Gasteiger partial charge in [0, 0.05) is 39.5 Å². The summed E-state index contributed by atoms with van der Waals surface area (Å²) in [6.45, 7) is 0.476. The Morgan fingerprint density at radius 3 is 2.59 bits per heavy atom. The Balaban J connectivity index is 1.61. The van der Waals surface area contributed by atoms with Gasteiger partial charge in [-0.15, -0.1) is 11.3 Å². The summed E-state index contributed by atoms with van der Waals surface area (Å²) >= 11 is 7.90. The van der Waals surface area contributed by atoms with Gasteiger partial charge >= 0.3 is 6.09 Å². The molecule has 0 saturated carbocycles. The van der Waals surface area contributed by atoms with Gasteiger partial charge in [-0.1, -0.05) is 35.9 Å². The predicted octanol–water partition coefficient (Wildman–Crippen LogP) is 5.40. The first-order chi connectivity index (χ1) is 14.1. The summed E-state index contributed by atoms with van der Waals surface area (Å²) < 4.78 is 10.8. The minimum atomic E-state index is -0.593. The van der Waals surface area contributed by atoms with Crippen LogP contribution in [0.2, 0.25) is 5.02 Å². The Bertz CT molecular complexity index is 1050. The van der Waals surface area contributed by atoms with Crippen LogP contribution < -0.4 is 10.6 Å². The molecule has 0 aliphatic carbocycles. The van der Waals surface area contributed by atoms with Crippen molar-refractivity contribution in [1.82, 2.24) is 0 Å². The molecule has 8 heteroatoms. The van der Waals surface area contributed by atoms with Crippen LogP contribution in [0, 0.1) is 0 Å². The van der Waals surface area contributed by atoms with Crippen molar-refractivity contribution >= 4 is 62.5 Å². The van der Waals surface area contributed by atoms with Crippen molar-refractivity contribution in [1.29, 1.82) is 0 Å². The number of halogens is 1. The maximum Gasteiger partial charge on any atom is 0.411 e. The quantitative estimate of drug-likeness (QED) is 0.388. The van der Waals surface area contributed by atoms with Gasteiger partial charge in [0.05, 0.1) is 11.6 Å². The summed E-state index contributed by atoms with van der Waals surface area (Å²) in [5, 5.41) is 6.95. The van der Waals surface area contributed by atoms with Gasteiger partial charge in [-0.05, 0) is 30.3 Å². The van der Waals surface area contributed by atoms with Crippen LogP contribution in [0.4, 0.5) is 16.2 Å². The van der Waals surface area contributed by atoms with E-state index in [1.807, 2.05) is 24.3 Å². The van der Waals surface area contributed by atoms with E-state index in [2.05, 4.69) is 10.6 Å². The topological polar surface area (TPSA) is 76.7 Å². The molecule has 0 atom stereocenters. The molecule has 1 heterocycles. The number of anilines is 2. The van der Waals surface area contributed by atoms with E-state index in [4.69, 9.17) is 21.1 Å². The molecular formula is C21H19ClN2O4S. The molecule has 0 unspecified atom stereocenters. The van der Waals surface area contributed by atoms with Crippen molar-refractivity contribution in [3.8, 4) is 0 Å². The van der Waals surface area contributed by atoms with Crippen LogP contribution in [0.15, 0.2) is 54.6 Å². The van der Waals surface area contributed by atoms with Crippen LogP contribution >= 0.6 is 22.9 Å². The molecule has 0 fully saturated rings. The second-order valence-electron chi connectivity index (χ2n) is 5.93. The molecule has 6 nitrogen and oxygen atoms in total. The molecule has 2 amide bonds. The minimum Gasteiger partial charge on any atom is -0.447 e. The van der Waals surface area contributed by atoms with Gasteiger partial charge < -0.3 is 14.8 Å². The Kier molecular flexibility index (Phi) is 7.24. The van der Waals surface area contributed by atoms with Crippen LogP contribution in [0.25, 0.3) is 16.2 Å². The molecule has 0 bridgehead atoms. The fourth-order valence-corrected chi connectivity index (χ4v) is 3.92. The van der Waals surface area contributed by atoms with Gasteiger partial charge in [-0.2, -0.15) is 0 Å². The van der Waals surface area contributed by atoms with Crippen LogP contribution in [0.5, 0.6) is 0 Å². The lowest BCUT2D eigenvalue weighted by Crippen LogP contribution is -2.16. The smallest absolute Gasteiger partial charge is 0.411 e. The van der Waals surface area contributed by atoms with Crippen molar-refractivity contribution in [3.05, 3.63) is 64.5 Å². The van der Waals surface area contributed by atoms with Crippen molar-refractivity contribution in [2.24, 2.45) is 0 Å². The molecule has 0 aliphatic heterocycles. The maximum atomic E-state index is 12.3. The van der Waals surface area contributed by atoms with E-state index >= 15 is 0 Å². The van der Waals surface area contributed by atoms with Crippen LogP contribution in [0.1, 0.15) is 4.88 Å². The molecule has 1 aromatic heterocycles. The summed E-state index contributed by atoms with van der Waals surface area (Å²) in [4.78, 5) is 24.8. The van der Waals surface area contributed by atoms with Gasteiger partial charge in [0.25, 0.3) is 0 Å². The molecule has 0 saturated heterocycles. The number of rotatable bonds is 7. The third kappa shape index (κ3) is 5.80. The second kappa shape index (κ2) is 10.1. The second-order valence-corrected chi connectivity index (χ2v) is 7.40. The number of amides is 2. The molecule has 3 rings (SSSR count). The zero-order chi connectivity index (χ0) is 20.6. The van der Waals surface area contributed by atoms with Crippen molar-refractivity contribution < 1.29 is 19.1 Å². The Morgan fingerprint density at radius 2 is 1.83 bits per heavy atom. The average Bonchev–Trinajstić information content (AvgIpc) is 3.03. The van der Waals surface area contributed by atoms with Gasteiger partial charge in [-0.3, -0.25) is 10.1 Å². The first-order valence-corrected chi connectivity index (χ1v) is 9.95. The number of benzene rings is 2. The molecule has 2 aromatic carbocycles. The van der Waals surface area contributed by atoms with E-state index in [1.165, 1.54) is 24.5 Å². The highest BCUT2D eigenvalue weighted by atomic mass is 35.5. The summed E-state index contributed by atoms with van der Waals surface area (Å²) in [5.41, 5.74) is 1.04. The monoisotopic (exact) mass is 430 g/mol. The molecule has 2 N–H and O–H groups in total. The number of methoxy groups -OCH3 is 1. The molecule has 0 radical (unpaired) electrons. The van der Waals surface area contributed by atoms with E-state index < -0.39 is 6.09 Å². The highest BCUT2D eigenvalue weighted by Crippen LogP contribution is 2.35. The average molecular weight is 431 g/mol. The molecular weight excluding hydrogens is 412 g/mol. The van der Waals surface area contributed by atoms with Crippen molar-refractivity contribution in [2.75, 3.05) is 31.0 Å². The third-order valence-electron chi connectivity index (χ3n) is 3.84. The number of hydrogen-bond acceptors (Lipinski definition) is 5. The van der Waals surface area contributed by atoms with Gasteiger partial charge in [0.1, 0.15) is 6.61 Å². The van der Waals surface area contributed by atoms with Crippen LogP contribution in [-0.2, 0) is 14.3 Å². The Labute approximate surface area is 177 Å². The van der Waals surface area contributed by atoms with E-state index in [0.29, 0.717) is 23.0 Å². The number of carbonyl (C=O) groups excluding carboxylic acids is 2. The van der Waals surface area contributed by atoms with Crippen LogP contribution in [0.3, 0.4) is 0 Å². The number of fused-ring (bicyclic) bond motifs is 1. The highest BCUT2D eigenvalue weighted by Gasteiger charge is 2.08. The largest absolute Gasteiger partial charge is 0.447 e. The minimum absolute atomic E-state index is 0.157. The maximum absolute atomic E-state index is 12.3. The fourth-order valence-electron chi connectivity index (χ4n) is 2.52. The predicted molar refractivity (Wildman–Crippen MR) is 118 cm³/mol. The summed E-state index contributed by atoms with van der Waals surface area (Å²) in [6, 6.07) is 14.6. The molecule has 0 aliphatic rings.